The number of aliphatic hydroxyl groups is 1. The Morgan fingerprint density at radius 3 is 2.46 bits per heavy atom. The van der Waals surface area contributed by atoms with Crippen LogP contribution < -0.4 is 19.9 Å². The van der Waals surface area contributed by atoms with Crippen molar-refractivity contribution in [2.45, 2.75) is 45.7 Å². The predicted molar refractivity (Wildman–Crippen MR) is 119 cm³/mol. The number of pyridine rings is 2. The highest BCUT2D eigenvalue weighted by Crippen LogP contribution is 2.31. The van der Waals surface area contributed by atoms with Crippen molar-refractivity contribution in [1.82, 2.24) is 24.3 Å². The van der Waals surface area contributed by atoms with Crippen molar-refractivity contribution >= 4 is 5.78 Å². The molecule has 0 fully saturated rings. The van der Waals surface area contributed by atoms with Gasteiger partial charge in [-0.05, 0) is 26.0 Å². The quantitative estimate of drug-likeness (QED) is 0.310. The maximum absolute atomic E-state index is 15.2. The minimum Gasteiger partial charge on any atom is -0.496 e. The standard InChI is InChI=1S/C22H23F4N5O6/c1-5-30-17(10-32)29-31(21(30)34)18-14(23)8-12(20(28-18)37-11(2)22(24,25)26)15(33)9-13-16(35-3)6-7-27-19(13)36-4/h6-8,11,32H,5,9-10H2,1-4H3/t11-/m0/s1. The van der Waals surface area contributed by atoms with Crippen molar-refractivity contribution in [3.63, 3.8) is 0 Å². The number of hydrogen-bond donors (Lipinski definition) is 1. The van der Waals surface area contributed by atoms with Gasteiger partial charge in [-0.3, -0.25) is 9.36 Å². The Hall–Kier alpha value is -4.01. The summed E-state index contributed by atoms with van der Waals surface area (Å²) in [7, 11) is 2.62. The van der Waals surface area contributed by atoms with E-state index in [1.807, 2.05) is 0 Å². The molecule has 15 heteroatoms. The van der Waals surface area contributed by atoms with Crippen LogP contribution in [0.3, 0.4) is 0 Å². The number of hydrogen-bond acceptors (Lipinski definition) is 9. The zero-order valence-electron chi connectivity index (χ0n) is 20.2. The number of rotatable bonds is 10. The molecule has 3 aromatic rings. The number of alkyl halides is 3. The molecule has 3 heterocycles. The minimum absolute atomic E-state index is 0.0112. The number of carbonyl (C=O) groups excluding carboxylic acids is 1. The fourth-order valence-corrected chi connectivity index (χ4v) is 3.39. The highest BCUT2D eigenvalue weighted by Gasteiger charge is 2.39. The Morgan fingerprint density at radius 2 is 1.92 bits per heavy atom. The molecule has 37 heavy (non-hydrogen) atoms. The van der Waals surface area contributed by atoms with Gasteiger partial charge in [-0.1, -0.05) is 0 Å². The number of methoxy groups -OCH3 is 2. The van der Waals surface area contributed by atoms with Gasteiger partial charge < -0.3 is 19.3 Å². The van der Waals surface area contributed by atoms with Crippen molar-refractivity contribution in [1.29, 1.82) is 0 Å². The summed E-state index contributed by atoms with van der Waals surface area (Å²) in [5, 5.41) is 13.2. The van der Waals surface area contributed by atoms with Gasteiger partial charge in [0.05, 0.1) is 25.3 Å². The van der Waals surface area contributed by atoms with E-state index >= 15 is 4.39 Å². The number of nitrogens with zero attached hydrogens (tertiary/aromatic N) is 5. The molecule has 3 rings (SSSR count). The number of carbonyl (C=O) groups is 1. The lowest BCUT2D eigenvalue weighted by Gasteiger charge is -2.19. The third-order valence-electron chi connectivity index (χ3n) is 5.29. The first-order valence-corrected chi connectivity index (χ1v) is 10.8. The number of ether oxygens (including phenoxy) is 3. The van der Waals surface area contributed by atoms with E-state index in [2.05, 4.69) is 15.1 Å². The molecule has 3 aromatic heterocycles. The van der Waals surface area contributed by atoms with Gasteiger partial charge in [-0.2, -0.15) is 22.8 Å². The molecule has 0 aliphatic rings. The van der Waals surface area contributed by atoms with E-state index in [1.54, 1.807) is 6.92 Å². The number of aromatic nitrogens is 5. The Kier molecular flexibility index (Phi) is 8.15. The largest absolute Gasteiger partial charge is 0.496 e. The van der Waals surface area contributed by atoms with Crippen LogP contribution in [0.2, 0.25) is 0 Å². The number of ketones is 1. The lowest BCUT2D eigenvalue weighted by molar-refractivity contribution is -0.190. The molecule has 200 valence electrons. The van der Waals surface area contributed by atoms with E-state index < -0.39 is 59.9 Å². The van der Waals surface area contributed by atoms with Crippen molar-refractivity contribution in [2.24, 2.45) is 0 Å². The molecule has 0 radical (unpaired) electrons. The molecule has 1 N–H and O–H groups in total. The summed E-state index contributed by atoms with van der Waals surface area (Å²) in [6, 6.07) is 2.04. The van der Waals surface area contributed by atoms with Gasteiger partial charge in [-0.15, -0.1) is 5.10 Å². The lowest BCUT2D eigenvalue weighted by atomic mass is 10.0. The van der Waals surface area contributed by atoms with E-state index in [0.717, 1.165) is 4.57 Å². The van der Waals surface area contributed by atoms with Crippen LogP contribution in [0.5, 0.6) is 17.5 Å². The number of Topliss-reactive ketones (excluding diaryl/α,β-unsaturated/α-hetero) is 1. The van der Waals surface area contributed by atoms with Gasteiger partial charge >= 0.3 is 11.9 Å². The molecule has 0 saturated carbocycles. The summed E-state index contributed by atoms with van der Waals surface area (Å²) < 4.78 is 71.7. The van der Waals surface area contributed by atoms with Crippen LogP contribution in [0, 0.1) is 5.82 Å². The molecule has 11 nitrogen and oxygen atoms in total. The van der Waals surface area contributed by atoms with Gasteiger partial charge in [0, 0.05) is 19.2 Å². The highest BCUT2D eigenvalue weighted by atomic mass is 19.4. The molecular weight excluding hydrogens is 506 g/mol. The van der Waals surface area contributed by atoms with Crippen LogP contribution in [0.4, 0.5) is 17.6 Å². The maximum Gasteiger partial charge on any atom is 0.425 e. The first kappa shape index (κ1) is 27.6. The maximum atomic E-state index is 15.2. The van der Waals surface area contributed by atoms with Crippen molar-refractivity contribution in [3.05, 3.63) is 51.6 Å². The second-order valence-corrected chi connectivity index (χ2v) is 7.56. The normalized spacial score (nSPS) is 12.4. The number of aliphatic hydroxyl groups excluding tert-OH is 1. The van der Waals surface area contributed by atoms with Gasteiger partial charge in [0.25, 0.3) is 0 Å². The van der Waals surface area contributed by atoms with Gasteiger partial charge in [0.15, 0.2) is 29.3 Å². The van der Waals surface area contributed by atoms with Gasteiger partial charge in [0.1, 0.15) is 12.4 Å². The fraction of sp³-hybridized carbons (Fsp3) is 0.409. The first-order valence-electron chi connectivity index (χ1n) is 10.8. The Balaban J connectivity index is 2.17. The van der Waals surface area contributed by atoms with Crippen LogP contribution >= 0.6 is 0 Å². The average molecular weight is 529 g/mol. The van der Waals surface area contributed by atoms with Crippen LogP contribution in [-0.2, 0) is 19.6 Å². The molecule has 0 spiro atoms. The molecule has 0 aromatic carbocycles. The van der Waals surface area contributed by atoms with Crippen LogP contribution in [0.15, 0.2) is 23.1 Å². The molecule has 1 atom stereocenters. The Labute approximate surface area is 207 Å². The van der Waals surface area contributed by atoms with E-state index in [9.17, 15) is 27.9 Å². The topological polar surface area (TPSA) is 131 Å². The van der Waals surface area contributed by atoms with E-state index in [4.69, 9.17) is 14.2 Å². The summed E-state index contributed by atoms with van der Waals surface area (Å²) >= 11 is 0. The monoisotopic (exact) mass is 529 g/mol. The van der Waals surface area contributed by atoms with Crippen LogP contribution in [0.25, 0.3) is 5.82 Å². The summed E-state index contributed by atoms with van der Waals surface area (Å²) in [5.74, 6) is -3.75. The third kappa shape index (κ3) is 5.55. The average Bonchev–Trinajstić information content (AvgIpc) is 3.19. The van der Waals surface area contributed by atoms with Crippen molar-refractivity contribution < 1.29 is 41.7 Å². The van der Waals surface area contributed by atoms with E-state index in [0.29, 0.717) is 17.7 Å². The zero-order valence-corrected chi connectivity index (χ0v) is 20.2. The SMILES string of the molecule is CCn1c(CO)nn(-c2nc(O[C@@H](C)C(F)(F)F)c(C(=O)Cc3c(OC)ccnc3OC)cc2F)c1=O. The summed E-state index contributed by atoms with van der Waals surface area (Å²) in [5.41, 5.74) is -1.38. The summed E-state index contributed by atoms with van der Waals surface area (Å²) in [6.45, 7) is 1.64. The highest BCUT2D eigenvalue weighted by molar-refractivity contribution is 6.00. The van der Waals surface area contributed by atoms with Crippen LogP contribution in [0.1, 0.15) is 35.6 Å². The van der Waals surface area contributed by atoms with Gasteiger partial charge in [-0.25, -0.2) is 14.2 Å². The number of halogens is 4. The third-order valence-corrected chi connectivity index (χ3v) is 5.29. The molecule has 0 aliphatic carbocycles. The molecular formula is C22H23F4N5O6. The van der Waals surface area contributed by atoms with Crippen LogP contribution in [-0.4, -0.2) is 61.7 Å². The van der Waals surface area contributed by atoms with E-state index in [-0.39, 0.29) is 29.6 Å². The van der Waals surface area contributed by atoms with Crippen molar-refractivity contribution in [3.8, 4) is 23.3 Å². The molecule has 0 saturated heterocycles. The van der Waals surface area contributed by atoms with Crippen molar-refractivity contribution in [2.75, 3.05) is 14.2 Å². The Morgan fingerprint density at radius 1 is 1.22 bits per heavy atom. The fourth-order valence-electron chi connectivity index (χ4n) is 3.39. The zero-order chi connectivity index (χ0) is 27.5. The summed E-state index contributed by atoms with van der Waals surface area (Å²) in [6.07, 6.45) is -6.45. The second kappa shape index (κ2) is 10.9. The molecule has 0 unspecified atom stereocenters. The Bertz CT molecular complexity index is 1330. The van der Waals surface area contributed by atoms with E-state index in [1.165, 1.54) is 26.5 Å². The predicted octanol–water partition coefficient (Wildman–Crippen LogP) is 2.25. The second-order valence-electron chi connectivity index (χ2n) is 7.56. The lowest BCUT2D eigenvalue weighted by Crippen LogP contribution is -2.32. The van der Waals surface area contributed by atoms with Gasteiger partial charge in [0.2, 0.25) is 11.8 Å². The smallest absolute Gasteiger partial charge is 0.425 e. The molecule has 0 amide bonds. The molecule has 0 bridgehead atoms. The minimum atomic E-state index is -4.85. The first-order chi connectivity index (χ1) is 17.5. The molecule has 0 aliphatic heterocycles. The summed E-state index contributed by atoms with van der Waals surface area (Å²) in [4.78, 5) is 33.5.